The molecule has 2 heterocycles. The predicted molar refractivity (Wildman–Crippen MR) is 141 cm³/mol. The van der Waals surface area contributed by atoms with Gasteiger partial charge in [-0.15, -0.1) is 10.2 Å². The normalized spacial score (nSPS) is 10.7. The van der Waals surface area contributed by atoms with Gasteiger partial charge in [-0.1, -0.05) is 70.2 Å². The fourth-order valence-electron chi connectivity index (χ4n) is 3.25. The number of thioether (sulfide) groups is 1. The molecule has 2 aromatic carbocycles. The minimum absolute atomic E-state index is 0.0150. The van der Waals surface area contributed by atoms with Crippen molar-refractivity contribution in [1.29, 1.82) is 0 Å². The van der Waals surface area contributed by atoms with Crippen molar-refractivity contribution >= 4 is 63.3 Å². The summed E-state index contributed by atoms with van der Waals surface area (Å²) in [5, 5.41) is 18.1. The second-order valence-corrected chi connectivity index (χ2v) is 9.98. The molecular formula is C24H20ClN5O5S2. The number of hydrogen-bond acceptors (Lipinski definition) is 10. The van der Waals surface area contributed by atoms with Gasteiger partial charge in [0.1, 0.15) is 17.0 Å². The minimum Gasteiger partial charge on any atom is -0.462 e. The molecule has 0 atom stereocenters. The number of ether oxygens (including phenoxy) is 1. The number of para-hydroxylation sites is 1. The fraction of sp³-hybridized carbons (Fsp3) is 0.167. The lowest BCUT2D eigenvalue weighted by Crippen LogP contribution is -2.17. The summed E-state index contributed by atoms with van der Waals surface area (Å²) in [4.78, 5) is 37.6. The van der Waals surface area contributed by atoms with Crippen LogP contribution in [0.4, 0.5) is 10.8 Å². The van der Waals surface area contributed by atoms with Gasteiger partial charge in [0.05, 0.1) is 28.6 Å². The topological polar surface area (TPSA) is 136 Å². The maximum absolute atomic E-state index is 13.0. The number of nitrogens with one attached hydrogen (secondary N) is 2. The Hall–Kier alpha value is -3.74. The zero-order valence-corrected chi connectivity index (χ0v) is 22.0. The predicted octanol–water partition coefficient (Wildman–Crippen LogP) is 5.31. The van der Waals surface area contributed by atoms with Crippen LogP contribution >= 0.6 is 34.7 Å². The molecule has 37 heavy (non-hydrogen) atoms. The first-order valence-corrected chi connectivity index (χ1v) is 13.1. The van der Waals surface area contributed by atoms with E-state index in [4.69, 9.17) is 20.9 Å². The molecule has 0 spiro atoms. The summed E-state index contributed by atoms with van der Waals surface area (Å²) >= 11 is 8.52. The Balaban J connectivity index is 1.38. The molecule has 0 saturated carbocycles. The molecule has 2 N–H and O–H groups in total. The van der Waals surface area contributed by atoms with Crippen LogP contribution in [0.15, 0.2) is 57.4 Å². The number of esters is 1. The third-order valence-corrected chi connectivity index (χ3v) is 7.17. The molecular weight excluding hydrogens is 538 g/mol. The number of aromatic nitrogens is 3. The molecule has 13 heteroatoms. The van der Waals surface area contributed by atoms with Gasteiger partial charge < -0.3 is 14.6 Å². The molecule has 0 aliphatic heterocycles. The molecule has 0 saturated heterocycles. The summed E-state index contributed by atoms with van der Waals surface area (Å²) in [5.41, 5.74) is 1.74. The molecule has 0 radical (unpaired) electrons. The fourth-order valence-corrected chi connectivity index (χ4v) is 5.02. The molecule has 0 aliphatic carbocycles. The molecule has 190 valence electrons. The van der Waals surface area contributed by atoms with Crippen molar-refractivity contribution in [3.63, 3.8) is 0 Å². The number of carbonyl (C=O) groups excluding carboxylic acids is 3. The van der Waals surface area contributed by atoms with Crippen LogP contribution in [0.5, 0.6) is 0 Å². The van der Waals surface area contributed by atoms with Crippen molar-refractivity contribution < 1.29 is 23.6 Å². The van der Waals surface area contributed by atoms with Crippen molar-refractivity contribution in [2.75, 3.05) is 23.0 Å². The highest BCUT2D eigenvalue weighted by molar-refractivity contribution is 8.01. The third-order valence-electron chi connectivity index (χ3n) is 4.87. The Kier molecular flexibility index (Phi) is 8.54. The van der Waals surface area contributed by atoms with Crippen LogP contribution in [0.1, 0.15) is 33.4 Å². The van der Waals surface area contributed by atoms with E-state index >= 15 is 0 Å². The van der Waals surface area contributed by atoms with Gasteiger partial charge in [-0.05, 0) is 32.0 Å². The molecule has 2 aromatic heterocycles. The van der Waals surface area contributed by atoms with E-state index in [1.54, 1.807) is 62.4 Å². The Morgan fingerprint density at radius 3 is 2.62 bits per heavy atom. The SMILES string of the molecule is CCOC(=O)c1ccccc1NC(=O)CSc1nnc(NC(=O)c2c(-c3ccccc3Cl)noc2C)s1. The van der Waals surface area contributed by atoms with Crippen LogP contribution in [0.2, 0.25) is 5.02 Å². The molecule has 0 aliphatic rings. The standard InChI is InChI=1S/C24H20ClN5O5S2/c1-3-34-22(33)15-9-5-7-11-17(15)26-18(31)12-36-24-29-28-23(37-24)27-21(32)19-13(2)35-30-20(19)14-8-4-6-10-16(14)25/h4-11H,3,12H2,1-2H3,(H,26,31)(H,27,28,32). The lowest BCUT2D eigenvalue weighted by molar-refractivity contribution is -0.113. The summed E-state index contributed by atoms with van der Waals surface area (Å²) in [5.74, 6) is -0.995. The smallest absolute Gasteiger partial charge is 0.340 e. The molecule has 2 amide bonds. The number of carbonyl (C=O) groups is 3. The Morgan fingerprint density at radius 1 is 1.08 bits per heavy atom. The first kappa shape index (κ1) is 26.3. The lowest BCUT2D eigenvalue weighted by Gasteiger charge is -2.09. The van der Waals surface area contributed by atoms with Crippen LogP contribution in [0, 0.1) is 6.92 Å². The van der Waals surface area contributed by atoms with Gasteiger partial charge in [-0.3, -0.25) is 14.9 Å². The van der Waals surface area contributed by atoms with Crippen molar-refractivity contribution in [1.82, 2.24) is 15.4 Å². The van der Waals surface area contributed by atoms with E-state index < -0.39 is 11.9 Å². The van der Waals surface area contributed by atoms with Gasteiger partial charge in [-0.2, -0.15) is 0 Å². The van der Waals surface area contributed by atoms with Gasteiger partial charge in [0.25, 0.3) is 5.91 Å². The monoisotopic (exact) mass is 557 g/mol. The largest absolute Gasteiger partial charge is 0.462 e. The Bertz CT molecular complexity index is 1450. The highest BCUT2D eigenvalue weighted by Gasteiger charge is 2.24. The number of aryl methyl sites for hydroxylation is 1. The number of amides is 2. The molecule has 0 bridgehead atoms. The van der Waals surface area contributed by atoms with Crippen LogP contribution < -0.4 is 10.6 Å². The van der Waals surface area contributed by atoms with E-state index in [0.29, 0.717) is 32.1 Å². The van der Waals surface area contributed by atoms with Crippen LogP contribution in [-0.2, 0) is 9.53 Å². The molecule has 0 fully saturated rings. The Labute approximate surface area is 224 Å². The summed E-state index contributed by atoms with van der Waals surface area (Å²) in [6, 6.07) is 13.6. The van der Waals surface area contributed by atoms with E-state index in [9.17, 15) is 14.4 Å². The summed E-state index contributed by atoms with van der Waals surface area (Å²) < 4.78 is 10.7. The second kappa shape index (κ2) is 12.0. The summed E-state index contributed by atoms with van der Waals surface area (Å²) in [7, 11) is 0. The minimum atomic E-state index is -0.517. The van der Waals surface area contributed by atoms with Gasteiger partial charge in [-0.25, -0.2) is 4.79 Å². The number of nitrogens with zero attached hydrogens (tertiary/aromatic N) is 3. The number of halogens is 1. The zero-order valence-electron chi connectivity index (χ0n) is 19.6. The average Bonchev–Trinajstić information content (AvgIpc) is 3.49. The first-order chi connectivity index (χ1) is 17.9. The summed E-state index contributed by atoms with van der Waals surface area (Å²) in [6.07, 6.45) is 0. The number of anilines is 2. The van der Waals surface area contributed by atoms with Crippen molar-refractivity contribution in [2.24, 2.45) is 0 Å². The van der Waals surface area contributed by atoms with Gasteiger partial charge in [0.15, 0.2) is 4.34 Å². The second-order valence-electron chi connectivity index (χ2n) is 7.37. The number of rotatable bonds is 9. The summed E-state index contributed by atoms with van der Waals surface area (Å²) in [6.45, 7) is 3.56. The first-order valence-electron chi connectivity index (χ1n) is 10.9. The molecule has 4 aromatic rings. The molecule has 0 unspecified atom stereocenters. The van der Waals surface area contributed by atoms with Gasteiger partial charge in [0, 0.05) is 5.56 Å². The number of hydrogen-bond donors (Lipinski definition) is 2. The van der Waals surface area contributed by atoms with Crippen LogP contribution in [0.3, 0.4) is 0 Å². The lowest BCUT2D eigenvalue weighted by atomic mass is 10.1. The third kappa shape index (κ3) is 6.34. The average molecular weight is 558 g/mol. The maximum Gasteiger partial charge on any atom is 0.340 e. The molecule has 4 rings (SSSR count). The van der Waals surface area contributed by atoms with Crippen molar-refractivity contribution in [2.45, 2.75) is 18.2 Å². The number of benzene rings is 2. The molecule has 10 nitrogen and oxygen atoms in total. The van der Waals surface area contributed by atoms with Gasteiger partial charge >= 0.3 is 5.97 Å². The van der Waals surface area contributed by atoms with Gasteiger partial charge in [0.2, 0.25) is 11.0 Å². The van der Waals surface area contributed by atoms with E-state index in [-0.39, 0.29) is 34.5 Å². The van der Waals surface area contributed by atoms with Crippen molar-refractivity contribution in [3.05, 3.63) is 70.4 Å². The van der Waals surface area contributed by atoms with E-state index in [1.807, 2.05) is 0 Å². The quantitative estimate of drug-likeness (QED) is 0.159. The highest BCUT2D eigenvalue weighted by Crippen LogP contribution is 2.32. The zero-order chi connectivity index (χ0) is 26.4. The van der Waals surface area contributed by atoms with Crippen LogP contribution in [0.25, 0.3) is 11.3 Å². The van der Waals surface area contributed by atoms with E-state index in [2.05, 4.69) is 26.0 Å². The van der Waals surface area contributed by atoms with E-state index in [0.717, 1.165) is 23.1 Å². The van der Waals surface area contributed by atoms with E-state index in [1.165, 1.54) is 0 Å². The maximum atomic E-state index is 13.0. The van der Waals surface area contributed by atoms with Crippen molar-refractivity contribution in [3.8, 4) is 11.3 Å². The highest BCUT2D eigenvalue weighted by atomic mass is 35.5. The Morgan fingerprint density at radius 2 is 1.84 bits per heavy atom. The van der Waals surface area contributed by atoms with Crippen LogP contribution in [-0.4, -0.2) is 45.5 Å².